The number of hydrogen-bond donors (Lipinski definition) is 0. The number of ether oxygens (including phenoxy) is 2. The fraction of sp³-hybridized carbons (Fsp3) is 0.586. The van der Waals surface area contributed by atoms with Crippen molar-refractivity contribution in [3.8, 4) is 0 Å². The fourth-order valence-corrected chi connectivity index (χ4v) is 29.6. The normalized spacial score (nSPS) is 47.5. The zero-order valence-corrected chi connectivity index (χ0v) is 40.3. The Balaban J connectivity index is 0.876. The van der Waals surface area contributed by atoms with Crippen LogP contribution in [0.4, 0.5) is 22.7 Å². The lowest BCUT2D eigenvalue weighted by Gasteiger charge is -2.76. The van der Waals surface area contributed by atoms with Crippen molar-refractivity contribution in [2.45, 2.75) is 197 Å². The predicted molar refractivity (Wildman–Crippen MR) is 271 cm³/mol. The molecule has 12 aliphatic rings. The third-order valence-corrected chi connectivity index (χ3v) is 28.9. The molecule has 6 aliphatic carbocycles. The first-order valence-electron chi connectivity index (χ1n) is 27.0. The molecule has 0 amide bonds. The topological polar surface area (TPSA) is 31.4 Å². The predicted octanol–water partition coefficient (Wildman–Crippen LogP) is 11.5. The maximum atomic E-state index is 8.03. The fourth-order valence-electron chi connectivity index (χ4n) is 19.3. The van der Waals surface area contributed by atoms with E-state index in [1.165, 1.54) is 113 Å². The summed E-state index contributed by atoms with van der Waals surface area (Å²) in [5, 5.41) is 0. The van der Waals surface area contributed by atoms with Crippen molar-refractivity contribution >= 4 is 38.6 Å². The molecule has 12 fully saturated rings. The molecule has 0 N–H and O–H groups in total. The molecule has 66 heavy (non-hydrogen) atoms. The monoisotopic (exact) mass is 914 g/mol. The van der Waals surface area contributed by atoms with Crippen molar-refractivity contribution in [1.82, 2.24) is 0 Å². The highest BCUT2D eigenvalue weighted by Gasteiger charge is 2.74. The molecule has 6 heterocycles. The van der Waals surface area contributed by atoms with Gasteiger partial charge >= 0.3 is 0 Å². The Morgan fingerprint density at radius 1 is 0.318 bits per heavy atom. The van der Waals surface area contributed by atoms with Gasteiger partial charge < -0.3 is 29.1 Å². The first-order valence-corrected chi connectivity index (χ1v) is 30.1. The summed E-state index contributed by atoms with van der Waals surface area (Å²) in [4.78, 5) is 12.4. The second-order valence-corrected chi connectivity index (χ2v) is 28.5. The molecule has 0 aromatic heterocycles. The summed E-state index contributed by atoms with van der Waals surface area (Å²) in [5.41, 5.74) is 10.1. The largest absolute Gasteiger partial charge is 0.373 e. The molecule has 342 valence electrons. The van der Waals surface area contributed by atoms with Crippen LogP contribution in [-0.2, 0) is 9.47 Å². The molecule has 4 aromatic carbocycles. The Labute approximate surface area is 395 Å². The van der Waals surface area contributed by atoms with Crippen LogP contribution in [0.1, 0.15) is 89.9 Å². The summed E-state index contributed by atoms with van der Waals surface area (Å²) < 4.78 is 16.1. The maximum Gasteiger partial charge on any atom is 0.0670 e. The maximum absolute atomic E-state index is 8.03. The lowest BCUT2D eigenvalue weighted by molar-refractivity contribution is -0.124. The highest BCUT2D eigenvalue weighted by molar-refractivity contribution is 7.61. The summed E-state index contributed by atoms with van der Waals surface area (Å²) in [6.45, 7) is 0. The molecule has 6 saturated carbocycles. The summed E-state index contributed by atoms with van der Waals surface area (Å²) in [7, 11) is -0.509. The van der Waals surface area contributed by atoms with Crippen molar-refractivity contribution in [1.29, 1.82) is 0 Å². The molecule has 8 heteroatoms. The average molecular weight is 915 g/mol. The average Bonchev–Trinajstić information content (AvgIpc) is 3.37. The molecule has 22 atom stereocenters. The second-order valence-electron chi connectivity index (χ2n) is 23.1. The van der Waals surface area contributed by atoms with Gasteiger partial charge in [0, 0.05) is 105 Å². The van der Waals surface area contributed by atoms with Gasteiger partial charge in [-0.25, -0.2) is 0 Å². The second kappa shape index (κ2) is 15.2. The number of benzene rings is 4. The third kappa shape index (κ3) is 5.41. The van der Waals surface area contributed by atoms with E-state index in [-0.39, 0.29) is 15.8 Å². The molecule has 0 spiro atoms. The van der Waals surface area contributed by atoms with Crippen LogP contribution in [0, 0.1) is 11.8 Å². The van der Waals surface area contributed by atoms with E-state index in [0.717, 1.165) is 11.3 Å². The number of anilines is 4. The van der Waals surface area contributed by atoms with Crippen molar-refractivity contribution in [3.05, 3.63) is 121 Å². The van der Waals surface area contributed by atoms with Gasteiger partial charge in [0.2, 0.25) is 0 Å². The summed E-state index contributed by atoms with van der Waals surface area (Å²) in [5.74, 6) is 1.21. The standard InChI is InChI=1S/C58H68N4O2P2/c1-5-17-35(18-6-1)59-41-25-13-27-43-53(41)65-55-45(59)29-15-31-47(55)63-49-33-40-39(51(57(49)65)61(43)37-21-9-3-10-22-37)34-50-58-52(40)62(38-23-11-4-12-24-38)44-28-14-26-42-54(44)66(58)56-46(30-16-32-48(56)64-50)60(42)36-19-7-2-8-20-36/h1-12,17-24,39-58H,13-16,25-34H2. The van der Waals surface area contributed by atoms with Crippen molar-refractivity contribution < 1.29 is 9.47 Å². The van der Waals surface area contributed by atoms with E-state index < -0.39 is 0 Å². The Bertz CT molecular complexity index is 2270. The Kier molecular flexibility index (Phi) is 9.13. The minimum atomic E-state index is -0.255. The van der Waals surface area contributed by atoms with E-state index in [0.29, 0.717) is 107 Å². The van der Waals surface area contributed by atoms with Gasteiger partial charge in [0.1, 0.15) is 0 Å². The number of nitrogens with zero attached hydrogens (tertiary/aromatic N) is 4. The highest BCUT2D eigenvalue weighted by atomic mass is 31.1. The molecule has 0 bridgehead atoms. The van der Waals surface area contributed by atoms with Crippen molar-refractivity contribution in [2.24, 2.45) is 11.8 Å². The van der Waals surface area contributed by atoms with Crippen LogP contribution in [0.5, 0.6) is 0 Å². The van der Waals surface area contributed by atoms with Crippen molar-refractivity contribution in [2.75, 3.05) is 19.6 Å². The number of rotatable bonds is 4. The van der Waals surface area contributed by atoms with E-state index in [2.05, 4.69) is 141 Å². The zero-order chi connectivity index (χ0) is 42.8. The first-order chi connectivity index (χ1) is 32.8. The number of hydrogen-bond acceptors (Lipinski definition) is 6. The first kappa shape index (κ1) is 39.7. The van der Waals surface area contributed by atoms with Crippen LogP contribution in [-0.4, -0.2) is 107 Å². The number of para-hydroxylation sites is 4. The molecule has 0 radical (unpaired) electrons. The van der Waals surface area contributed by atoms with Crippen LogP contribution in [0.15, 0.2) is 121 Å². The van der Waals surface area contributed by atoms with Crippen LogP contribution in [0.2, 0.25) is 0 Å². The lowest BCUT2D eigenvalue weighted by atomic mass is 9.61. The smallest absolute Gasteiger partial charge is 0.0670 e. The quantitative estimate of drug-likeness (QED) is 0.190. The van der Waals surface area contributed by atoms with E-state index in [9.17, 15) is 0 Å². The van der Waals surface area contributed by atoms with Gasteiger partial charge in [0.15, 0.2) is 0 Å². The third-order valence-electron chi connectivity index (χ3n) is 20.8. The molecular formula is C58H68N4O2P2. The van der Waals surface area contributed by atoms with Crippen LogP contribution in [0.25, 0.3) is 0 Å². The Morgan fingerprint density at radius 2 is 0.621 bits per heavy atom. The van der Waals surface area contributed by atoms with Gasteiger partial charge in [-0.15, -0.1) is 0 Å². The van der Waals surface area contributed by atoms with E-state index in [1.54, 1.807) is 0 Å². The molecule has 22 unspecified atom stereocenters. The van der Waals surface area contributed by atoms with Crippen molar-refractivity contribution in [3.63, 3.8) is 0 Å². The zero-order valence-electron chi connectivity index (χ0n) is 38.5. The molecular weight excluding hydrogens is 847 g/mol. The summed E-state index contributed by atoms with van der Waals surface area (Å²) in [6, 6.07) is 52.2. The molecule has 6 nitrogen and oxygen atoms in total. The molecule has 6 aliphatic heterocycles. The van der Waals surface area contributed by atoms with E-state index in [4.69, 9.17) is 9.47 Å². The van der Waals surface area contributed by atoms with Crippen LogP contribution < -0.4 is 19.6 Å². The Morgan fingerprint density at radius 3 is 0.985 bits per heavy atom. The minimum Gasteiger partial charge on any atom is -0.373 e. The van der Waals surface area contributed by atoms with E-state index >= 15 is 0 Å². The van der Waals surface area contributed by atoms with E-state index in [1.807, 2.05) is 0 Å². The van der Waals surface area contributed by atoms with Gasteiger partial charge in [0.25, 0.3) is 0 Å². The van der Waals surface area contributed by atoms with Gasteiger partial charge in [0.05, 0.1) is 24.4 Å². The van der Waals surface area contributed by atoms with Gasteiger partial charge in [-0.1, -0.05) is 88.6 Å². The minimum absolute atomic E-state index is 0.255. The molecule has 16 rings (SSSR count). The summed E-state index contributed by atoms with van der Waals surface area (Å²) in [6.07, 6.45) is 20.0. The van der Waals surface area contributed by atoms with Gasteiger partial charge in [-0.3, -0.25) is 0 Å². The van der Waals surface area contributed by atoms with Crippen LogP contribution in [0.3, 0.4) is 0 Å². The Hall–Kier alpha value is -3.14. The van der Waals surface area contributed by atoms with Crippen LogP contribution >= 0.6 is 15.8 Å². The van der Waals surface area contributed by atoms with Gasteiger partial charge in [-0.2, -0.15) is 0 Å². The SMILES string of the molecule is c1ccc(N2C3CCCC4OC5CC6C(CC7OC8CCCC9C8P8C%10C(CCCC%10N(c%10ccccc%10)C6C78)N9c6ccccc6)C6C5P(C43)C3C2CCCC3N6c2ccccc2)cc1. The lowest BCUT2D eigenvalue weighted by Crippen LogP contribution is -2.82. The number of fused-ring (bicyclic) bond motifs is 3. The van der Waals surface area contributed by atoms with Gasteiger partial charge in [-0.05, 0) is 150 Å². The molecule has 4 aromatic rings. The summed E-state index contributed by atoms with van der Waals surface area (Å²) >= 11 is 0. The molecule has 6 saturated heterocycles. The highest BCUT2D eigenvalue weighted by Crippen LogP contribution is 2.77.